The van der Waals surface area contributed by atoms with Gasteiger partial charge in [-0.2, -0.15) is 13.2 Å². The van der Waals surface area contributed by atoms with Crippen LogP contribution in [-0.2, 0) is 22.1 Å². The van der Waals surface area contributed by atoms with Crippen LogP contribution in [0.5, 0.6) is 5.88 Å². The number of halogens is 5. The van der Waals surface area contributed by atoms with Crippen molar-refractivity contribution in [3.8, 4) is 5.88 Å². The van der Waals surface area contributed by atoms with E-state index >= 15 is 0 Å². The van der Waals surface area contributed by atoms with Crippen LogP contribution in [-0.4, -0.2) is 24.7 Å². The smallest absolute Gasteiger partial charge is 0.433 e. The molecule has 0 N–H and O–H groups in total. The summed E-state index contributed by atoms with van der Waals surface area (Å²) in [4.78, 5) is 14.4. The number of esters is 1. The molecule has 0 spiro atoms. The average molecular weight is 313 g/mol. The Balaban J connectivity index is 3.42. The first-order valence-electron chi connectivity index (χ1n) is 5.79. The predicted molar refractivity (Wildman–Crippen MR) is 61.1 cm³/mol. The zero-order valence-corrected chi connectivity index (χ0v) is 11.1. The molecule has 0 amide bonds. The monoisotopic (exact) mass is 313 g/mol. The summed E-state index contributed by atoms with van der Waals surface area (Å²) in [5.74, 6) is -1.42. The molecule has 0 aliphatic rings. The minimum Gasteiger partial charge on any atom is -0.481 e. The van der Waals surface area contributed by atoms with Gasteiger partial charge < -0.3 is 9.47 Å². The molecule has 1 aromatic rings. The lowest BCUT2D eigenvalue weighted by molar-refractivity contribution is -0.145. The van der Waals surface area contributed by atoms with Crippen LogP contribution in [0.4, 0.5) is 22.0 Å². The van der Waals surface area contributed by atoms with Gasteiger partial charge in [0.1, 0.15) is 0 Å². The molecule has 0 unspecified atom stereocenters. The van der Waals surface area contributed by atoms with Crippen LogP contribution in [0.2, 0.25) is 0 Å². The Morgan fingerprint density at radius 3 is 2.43 bits per heavy atom. The van der Waals surface area contributed by atoms with Gasteiger partial charge in [-0.05, 0) is 12.5 Å². The fourth-order valence-corrected chi connectivity index (χ4v) is 1.66. The van der Waals surface area contributed by atoms with Crippen molar-refractivity contribution in [1.29, 1.82) is 0 Å². The summed E-state index contributed by atoms with van der Waals surface area (Å²) in [7, 11) is 1.04. The molecule has 0 saturated carbocycles. The number of ether oxygens (including phenoxy) is 2. The van der Waals surface area contributed by atoms with Gasteiger partial charge in [-0.1, -0.05) is 0 Å². The van der Waals surface area contributed by atoms with Crippen molar-refractivity contribution in [3.63, 3.8) is 0 Å². The Labute approximate surface area is 116 Å². The lowest BCUT2D eigenvalue weighted by Crippen LogP contribution is -2.17. The highest BCUT2D eigenvalue weighted by molar-refractivity contribution is 5.73. The van der Waals surface area contributed by atoms with Gasteiger partial charge in [0, 0.05) is 6.07 Å². The average Bonchev–Trinajstić information content (AvgIpc) is 2.36. The molecule has 1 heterocycles. The Bertz CT molecular complexity index is 516. The quantitative estimate of drug-likeness (QED) is 0.619. The molecule has 0 saturated heterocycles. The zero-order chi connectivity index (χ0) is 16.2. The number of nitrogens with zero attached hydrogens (tertiary/aromatic N) is 1. The summed E-state index contributed by atoms with van der Waals surface area (Å²) in [6.07, 6.45) is -9.26. The Kier molecular flexibility index (Phi) is 5.45. The molecule has 9 heteroatoms. The third-order valence-corrected chi connectivity index (χ3v) is 2.46. The lowest BCUT2D eigenvalue weighted by atomic mass is 10.0. The van der Waals surface area contributed by atoms with Crippen molar-refractivity contribution >= 4 is 5.97 Å². The number of pyridine rings is 1. The highest BCUT2D eigenvalue weighted by Crippen LogP contribution is 2.38. The topological polar surface area (TPSA) is 48.4 Å². The normalized spacial score (nSPS) is 11.6. The van der Waals surface area contributed by atoms with E-state index in [2.05, 4.69) is 14.5 Å². The lowest BCUT2D eigenvalue weighted by Gasteiger charge is -2.16. The summed E-state index contributed by atoms with van der Waals surface area (Å²) >= 11 is 0. The Morgan fingerprint density at radius 2 is 2.00 bits per heavy atom. The summed E-state index contributed by atoms with van der Waals surface area (Å²) in [5.41, 5.74) is -3.63. The van der Waals surface area contributed by atoms with E-state index in [-0.39, 0.29) is 6.61 Å². The van der Waals surface area contributed by atoms with E-state index in [0.29, 0.717) is 0 Å². The van der Waals surface area contributed by atoms with E-state index in [1.165, 1.54) is 6.92 Å². The van der Waals surface area contributed by atoms with E-state index in [9.17, 15) is 26.7 Å². The summed E-state index contributed by atoms with van der Waals surface area (Å²) in [6.45, 7) is 1.47. The molecule has 4 nitrogen and oxygen atoms in total. The molecule has 0 aliphatic carbocycles. The second kappa shape index (κ2) is 6.68. The minimum atomic E-state index is -5.09. The summed E-state index contributed by atoms with van der Waals surface area (Å²) < 4.78 is 73.5. The van der Waals surface area contributed by atoms with Gasteiger partial charge in [0.05, 0.1) is 25.7 Å². The van der Waals surface area contributed by atoms with Crippen LogP contribution in [0.1, 0.15) is 30.2 Å². The van der Waals surface area contributed by atoms with E-state index < -0.39 is 47.7 Å². The molecule has 21 heavy (non-hydrogen) atoms. The van der Waals surface area contributed by atoms with Crippen LogP contribution in [0, 0.1) is 0 Å². The third kappa shape index (κ3) is 4.27. The van der Waals surface area contributed by atoms with Gasteiger partial charge in [0.2, 0.25) is 5.88 Å². The molecule has 118 valence electrons. The highest BCUT2D eigenvalue weighted by Gasteiger charge is 2.40. The number of hydrogen-bond donors (Lipinski definition) is 0. The van der Waals surface area contributed by atoms with E-state index in [1.54, 1.807) is 0 Å². The molecule has 0 atom stereocenters. The fraction of sp³-hybridized carbons (Fsp3) is 0.500. The van der Waals surface area contributed by atoms with E-state index in [0.717, 1.165) is 13.2 Å². The number of alkyl halides is 5. The van der Waals surface area contributed by atoms with Crippen molar-refractivity contribution in [2.45, 2.75) is 25.9 Å². The van der Waals surface area contributed by atoms with Crippen molar-refractivity contribution in [3.05, 3.63) is 22.9 Å². The van der Waals surface area contributed by atoms with Crippen LogP contribution in [0.25, 0.3) is 0 Å². The standard InChI is InChI=1S/C12H12F5NO3/c1-3-21-8(19)5-6-4-7(20-2)18-10(12(15,16)17)9(6)11(13)14/h4,11H,3,5H2,1-2H3. The van der Waals surface area contributed by atoms with Crippen molar-refractivity contribution in [2.24, 2.45) is 0 Å². The molecule has 0 radical (unpaired) electrons. The number of methoxy groups -OCH3 is 1. The summed E-state index contributed by atoms with van der Waals surface area (Å²) in [5, 5.41) is 0. The molecule has 1 rings (SSSR count). The number of carbonyl (C=O) groups is 1. The van der Waals surface area contributed by atoms with Crippen molar-refractivity contribution < 1.29 is 36.2 Å². The summed E-state index contributed by atoms with van der Waals surface area (Å²) in [6, 6.07) is 0.869. The molecule has 0 fully saturated rings. The SMILES string of the molecule is CCOC(=O)Cc1cc(OC)nc(C(F)(F)F)c1C(F)F. The second-order valence-electron chi connectivity index (χ2n) is 3.87. The van der Waals surface area contributed by atoms with Gasteiger partial charge in [-0.3, -0.25) is 4.79 Å². The van der Waals surface area contributed by atoms with E-state index in [4.69, 9.17) is 0 Å². The van der Waals surface area contributed by atoms with E-state index in [1.807, 2.05) is 0 Å². The number of carbonyl (C=O) groups excluding carboxylic acids is 1. The Hall–Kier alpha value is -1.93. The first-order chi connectivity index (χ1) is 9.70. The molecular formula is C12H12F5NO3. The van der Waals surface area contributed by atoms with Crippen molar-refractivity contribution in [2.75, 3.05) is 13.7 Å². The fourth-order valence-electron chi connectivity index (χ4n) is 1.66. The molecule has 0 aliphatic heterocycles. The highest BCUT2D eigenvalue weighted by atomic mass is 19.4. The van der Waals surface area contributed by atoms with Crippen LogP contribution in [0.3, 0.4) is 0 Å². The maximum Gasteiger partial charge on any atom is 0.433 e. The Morgan fingerprint density at radius 1 is 1.38 bits per heavy atom. The molecule has 0 aromatic carbocycles. The van der Waals surface area contributed by atoms with Crippen LogP contribution < -0.4 is 4.74 Å². The van der Waals surface area contributed by atoms with Gasteiger partial charge in [0.15, 0.2) is 5.69 Å². The maximum absolute atomic E-state index is 13.0. The predicted octanol–water partition coefficient (Wildman–Crippen LogP) is 3.15. The van der Waals surface area contributed by atoms with Gasteiger partial charge >= 0.3 is 12.1 Å². The molecule has 1 aromatic heterocycles. The maximum atomic E-state index is 13.0. The zero-order valence-electron chi connectivity index (χ0n) is 11.1. The van der Waals surface area contributed by atoms with Crippen LogP contribution in [0.15, 0.2) is 6.07 Å². The number of aromatic nitrogens is 1. The largest absolute Gasteiger partial charge is 0.481 e. The van der Waals surface area contributed by atoms with Gasteiger partial charge in [0.25, 0.3) is 6.43 Å². The van der Waals surface area contributed by atoms with Gasteiger partial charge in [-0.25, -0.2) is 13.8 Å². The van der Waals surface area contributed by atoms with Crippen LogP contribution >= 0.6 is 0 Å². The van der Waals surface area contributed by atoms with Crippen molar-refractivity contribution in [1.82, 2.24) is 4.98 Å². The first kappa shape index (κ1) is 17.1. The molecule has 0 bridgehead atoms. The minimum absolute atomic E-state index is 0.0167. The molecular weight excluding hydrogens is 301 g/mol. The second-order valence-corrected chi connectivity index (χ2v) is 3.87. The number of rotatable bonds is 5. The number of hydrogen-bond acceptors (Lipinski definition) is 4. The first-order valence-corrected chi connectivity index (χ1v) is 5.79. The third-order valence-electron chi connectivity index (χ3n) is 2.46. The van der Waals surface area contributed by atoms with Gasteiger partial charge in [-0.15, -0.1) is 0 Å².